The summed E-state index contributed by atoms with van der Waals surface area (Å²) in [5.41, 5.74) is 1.37. The third kappa shape index (κ3) is 2.02. The van der Waals surface area contributed by atoms with Crippen molar-refractivity contribution >= 4 is 33.2 Å². The van der Waals surface area contributed by atoms with Crippen molar-refractivity contribution in [1.29, 1.82) is 0 Å². The van der Waals surface area contributed by atoms with Gasteiger partial charge in [-0.25, -0.2) is 9.97 Å². The molecule has 22 heavy (non-hydrogen) atoms. The van der Waals surface area contributed by atoms with Crippen molar-refractivity contribution in [2.45, 2.75) is 0 Å². The van der Waals surface area contributed by atoms with Crippen LogP contribution in [0.3, 0.4) is 0 Å². The van der Waals surface area contributed by atoms with Crippen LogP contribution in [0.1, 0.15) is 0 Å². The molecule has 4 rings (SSSR count). The molecule has 108 valence electrons. The van der Waals surface area contributed by atoms with Gasteiger partial charge in [0.1, 0.15) is 11.2 Å². The Hall–Kier alpha value is -2.51. The Morgan fingerprint density at radius 3 is 2.77 bits per heavy atom. The molecule has 0 aliphatic carbocycles. The highest BCUT2D eigenvalue weighted by molar-refractivity contribution is 7.17. The maximum absolute atomic E-state index is 12.5. The zero-order chi connectivity index (χ0) is 15.1. The van der Waals surface area contributed by atoms with Crippen LogP contribution in [0.25, 0.3) is 33.0 Å². The molecular weight excluding hydrogens is 322 g/mol. The maximum Gasteiger partial charge on any atom is 0.260 e. The monoisotopic (exact) mass is 329 g/mol. The molecule has 6 nitrogen and oxygen atoms in total. The number of rotatable bonds is 2. The zero-order valence-corrected chi connectivity index (χ0v) is 12.6. The van der Waals surface area contributed by atoms with E-state index in [0.717, 1.165) is 11.1 Å². The molecular formula is C14H8ClN5OS. The van der Waals surface area contributed by atoms with Crippen LogP contribution >= 0.6 is 22.9 Å². The molecule has 3 heterocycles. The van der Waals surface area contributed by atoms with E-state index in [2.05, 4.69) is 25.1 Å². The van der Waals surface area contributed by atoms with Crippen molar-refractivity contribution in [3.8, 4) is 22.8 Å². The van der Waals surface area contributed by atoms with Crippen molar-refractivity contribution in [3.63, 3.8) is 0 Å². The topological polar surface area (TPSA) is 87.3 Å². The third-order valence-electron chi connectivity index (χ3n) is 3.25. The smallest absolute Gasteiger partial charge is 0.260 e. The minimum Gasteiger partial charge on any atom is -0.303 e. The van der Waals surface area contributed by atoms with E-state index in [0.29, 0.717) is 26.9 Å². The van der Waals surface area contributed by atoms with Gasteiger partial charge >= 0.3 is 0 Å². The van der Waals surface area contributed by atoms with Gasteiger partial charge in [-0.3, -0.25) is 9.89 Å². The average molecular weight is 330 g/mol. The number of nitrogens with one attached hydrogen (secondary N) is 2. The van der Waals surface area contributed by atoms with E-state index in [1.165, 1.54) is 17.7 Å². The summed E-state index contributed by atoms with van der Waals surface area (Å²) in [6, 6.07) is 7.42. The number of aromatic nitrogens is 5. The van der Waals surface area contributed by atoms with Crippen molar-refractivity contribution in [2.24, 2.45) is 0 Å². The van der Waals surface area contributed by atoms with E-state index in [4.69, 9.17) is 11.6 Å². The van der Waals surface area contributed by atoms with Crippen LogP contribution in [0, 0.1) is 0 Å². The summed E-state index contributed by atoms with van der Waals surface area (Å²) in [6.07, 6.45) is 1.36. The predicted octanol–water partition coefficient (Wildman–Crippen LogP) is 3.09. The number of aromatic amines is 2. The minimum absolute atomic E-state index is 0.229. The first kappa shape index (κ1) is 13.2. The molecule has 0 unspecified atom stereocenters. The van der Waals surface area contributed by atoms with Crippen molar-refractivity contribution < 1.29 is 0 Å². The van der Waals surface area contributed by atoms with Gasteiger partial charge in [0.05, 0.1) is 5.39 Å². The molecule has 0 spiro atoms. The van der Waals surface area contributed by atoms with Crippen LogP contribution in [0.2, 0.25) is 5.02 Å². The molecule has 0 saturated carbocycles. The van der Waals surface area contributed by atoms with E-state index < -0.39 is 0 Å². The van der Waals surface area contributed by atoms with Gasteiger partial charge in [-0.2, -0.15) is 5.10 Å². The lowest BCUT2D eigenvalue weighted by Gasteiger charge is -2.02. The predicted molar refractivity (Wildman–Crippen MR) is 86.1 cm³/mol. The van der Waals surface area contributed by atoms with E-state index >= 15 is 0 Å². The molecule has 2 N–H and O–H groups in total. The highest BCUT2D eigenvalue weighted by Crippen LogP contribution is 2.35. The molecule has 0 radical (unpaired) electrons. The van der Waals surface area contributed by atoms with Crippen LogP contribution in [0.5, 0.6) is 0 Å². The second-order valence-electron chi connectivity index (χ2n) is 4.56. The lowest BCUT2D eigenvalue weighted by Crippen LogP contribution is -2.09. The molecule has 0 bridgehead atoms. The van der Waals surface area contributed by atoms with Crippen molar-refractivity contribution in [1.82, 2.24) is 25.1 Å². The van der Waals surface area contributed by atoms with E-state index in [-0.39, 0.29) is 5.56 Å². The SMILES string of the molecule is O=c1[nH]c(-c2ncn[nH]2)nc2scc(-c3ccccc3Cl)c12. The van der Waals surface area contributed by atoms with Crippen LogP contribution in [-0.2, 0) is 0 Å². The highest BCUT2D eigenvalue weighted by Gasteiger charge is 2.16. The molecule has 1 aromatic carbocycles. The fourth-order valence-corrected chi connectivity index (χ4v) is 3.43. The largest absolute Gasteiger partial charge is 0.303 e. The van der Waals surface area contributed by atoms with Crippen LogP contribution in [0.15, 0.2) is 40.8 Å². The number of halogens is 1. The number of H-pyrrole nitrogens is 2. The Morgan fingerprint density at radius 1 is 1.14 bits per heavy atom. The maximum atomic E-state index is 12.5. The summed E-state index contributed by atoms with van der Waals surface area (Å²) in [7, 11) is 0. The summed E-state index contributed by atoms with van der Waals surface area (Å²) in [5.74, 6) is 0.786. The van der Waals surface area contributed by atoms with Crippen LogP contribution in [-0.4, -0.2) is 25.1 Å². The molecule has 0 aliphatic rings. The molecule has 0 atom stereocenters. The Balaban J connectivity index is 1.98. The number of hydrogen-bond acceptors (Lipinski definition) is 5. The fourth-order valence-electron chi connectivity index (χ4n) is 2.26. The van der Waals surface area contributed by atoms with Gasteiger partial charge in [0.25, 0.3) is 5.56 Å². The summed E-state index contributed by atoms with van der Waals surface area (Å²) in [4.78, 5) is 24.3. The molecule has 8 heteroatoms. The van der Waals surface area contributed by atoms with Gasteiger partial charge in [-0.05, 0) is 6.07 Å². The summed E-state index contributed by atoms with van der Waals surface area (Å²) in [6.45, 7) is 0. The fraction of sp³-hybridized carbons (Fsp3) is 0. The first-order chi connectivity index (χ1) is 10.7. The molecule has 0 aliphatic heterocycles. The van der Waals surface area contributed by atoms with Crippen LogP contribution in [0.4, 0.5) is 0 Å². The molecule has 3 aromatic heterocycles. The first-order valence-electron chi connectivity index (χ1n) is 6.36. The number of nitrogens with zero attached hydrogens (tertiary/aromatic N) is 3. The zero-order valence-electron chi connectivity index (χ0n) is 11.0. The quantitative estimate of drug-likeness (QED) is 0.591. The molecule has 4 aromatic rings. The van der Waals surface area contributed by atoms with Crippen LogP contribution < -0.4 is 5.56 Å². The van der Waals surface area contributed by atoms with Gasteiger partial charge in [-0.1, -0.05) is 29.8 Å². The Morgan fingerprint density at radius 2 is 2.00 bits per heavy atom. The number of fused-ring (bicyclic) bond motifs is 1. The Labute approximate surface area is 132 Å². The number of benzene rings is 1. The summed E-state index contributed by atoms with van der Waals surface area (Å²) >= 11 is 7.62. The summed E-state index contributed by atoms with van der Waals surface area (Å²) < 4.78 is 0. The van der Waals surface area contributed by atoms with E-state index in [1.807, 2.05) is 23.6 Å². The standard InChI is InChI=1S/C14H8ClN5OS/c15-9-4-2-1-3-7(9)8-5-22-14-10(8)13(21)18-12(19-14)11-16-6-17-20-11/h1-6H,(H,16,17,20)(H,18,19,21). The molecule has 0 amide bonds. The second-order valence-corrected chi connectivity index (χ2v) is 5.82. The lowest BCUT2D eigenvalue weighted by atomic mass is 10.1. The normalized spacial score (nSPS) is 11.1. The molecule has 0 saturated heterocycles. The number of thiophene rings is 1. The van der Waals surface area contributed by atoms with E-state index in [1.54, 1.807) is 6.07 Å². The summed E-state index contributed by atoms with van der Waals surface area (Å²) in [5, 5.41) is 9.46. The third-order valence-corrected chi connectivity index (χ3v) is 4.45. The second kappa shape index (κ2) is 5.04. The number of hydrogen-bond donors (Lipinski definition) is 2. The Kier molecular flexibility index (Phi) is 3.02. The minimum atomic E-state index is -0.229. The molecule has 0 fully saturated rings. The van der Waals surface area contributed by atoms with Crippen molar-refractivity contribution in [3.05, 3.63) is 51.3 Å². The lowest BCUT2D eigenvalue weighted by molar-refractivity contribution is 1.06. The van der Waals surface area contributed by atoms with Gasteiger partial charge in [-0.15, -0.1) is 11.3 Å². The highest BCUT2D eigenvalue weighted by atomic mass is 35.5. The van der Waals surface area contributed by atoms with Crippen molar-refractivity contribution in [2.75, 3.05) is 0 Å². The Bertz CT molecular complexity index is 1020. The first-order valence-corrected chi connectivity index (χ1v) is 7.62. The average Bonchev–Trinajstić information content (AvgIpc) is 3.17. The van der Waals surface area contributed by atoms with E-state index in [9.17, 15) is 4.79 Å². The van der Waals surface area contributed by atoms with Gasteiger partial charge in [0, 0.05) is 21.5 Å². The van der Waals surface area contributed by atoms with Gasteiger partial charge in [0.15, 0.2) is 11.6 Å². The van der Waals surface area contributed by atoms with Gasteiger partial charge < -0.3 is 4.98 Å². The van der Waals surface area contributed by atoms with Gasteiger partial charge in [0.2, 0.25) is 0 Å².